The van der Waals surface area contributed by atoms with E-state index in [1.54, 1.807) is 11.8 Å². The van der Waals surface area contributed by atoms with Crippen molar-refractivity contribution in [2.24, 2.45) is 0 Å². The fourth-order valence-electron chi connectivity index (χ4n) is 2.79. The van der Waals surface area contributed by atoms with E-state index in [2.05, 4.69) is 11.2 Å². The number of amides is 1. The van der Waals surface area contributed by atoms with Gasteiger partial charge in [-0.3, -0.25) is 19.6 Å². The molecule has 0 unspecified atom stereocenters. The number of nitrogens with zero attached hydrogens (tertiary/aromatic N) is 4. The molecule has 22 heavy (non-hydrogen) atoms. The van der Waals surface area contributed by atoms with Crippen LogP contribution in [-0.4, -0.2) is 32.1 Å². The SMILES string of the molecule is CCn1ncc([N+](=O)[O-])c1C(=O)N1CCc2ccccc2C1. The lowest BCUT2D eigenvalue weighted by atomic mass is 10.00. The molecule has 0 saturated carbocycles. The number of carbonyl (C=O) groups is 1. The second-order valence-corrected chi connectivity index (χ2v) is 5.20. The van der Waals surface area contributed by atoms with Gasteiger partial charge in [0.1, 0.15) is 6.20 Å². The zero-order valence-electron chi connectivity index (χ0n) is 12.2. The van der Waals surface area contributed by atoms with Crippen LogP contribution in [0.1, 0.15) is 28.5 Å². The maximum atomic E-state index is 12.7. The molecule has 1 aliphatic rings. The summed E-state index contributed by atoms with van der Waals surface area (Å²) in [4.78, 5) is 25.0. The summed E-state index contributed by atoms with van der Waals surface area (Å²) in [5.41, 5.74) is 2.15. The van der Waals surface area contributed by atoms with Crippen LogP contribution in [0.4, 0.5) is 5.69 Å². The van der Waals surface area contributed by atoms with E-state index in [9.17, 15) is 14.9 Å². The summed E-state index contributed by atoms with van der Waals surface area (Å²) in [5, 5.41) is 15.1. The topological polar surface area (TPSA) is 81.3 Å². The lowest BCUT2D eigenvalue weighted by Crippen LogP contribution is -2.37. The standard InChI is InChI=1S/C15H16N4O3/c1-2-18-14(13(9-16-18)19(21)22)15(20)17-8-7-11-5-3-4-6-12(11)10-17/h3-6,9H,2,7-8,10H2,1H3. The Bertz CT molecular complexity index is 738. The second kappa shape index (κ2) is 5.59. The summed E-state index contributed by atoms with van der Waals surface area (Å²) in [7, 11) is 0. The van der Waals surface area contributed by atoms with Crippen molar-refractivity contribution in [2.45, 2.75) is 26.4 Å². The number of nitro groups is 1. The third kappa shape index (κ3) is 2.34. The second-order valence-electron chi connectivity index (χ2n) is 5.20. The molecule has 1 amide bonds. The molecule has 0 atom stereocenters. The molecule has 0 N–H and O–H groups in total. The predicted octanol–water partition coefficient (Wildman–Crippen LogP) is 2.01. The Labute approximate surface area is 127 Å². The number of hydrogen-bond donors (Lipinski definition) is 0. The number of benzene rings is 1. The van der Waals surface area contributed by atoms with E-state index >= 15 is 0 Å². The van der Waals surface area contributed by atoms with Crippen LogP contribution in [0.5, 0.6) is 0 Å². The molecule has 2 aromatic rings. The van der Waals surface area contributed by atoms with Gasteiger partial charge in [0, 0.05) is 19.6 Å². The molecular weight excluding hydrogens is 284 g/mol. The number of carbonyl (C=O) groups excluding carboxylic acids is 1. The molecule has 0 spiro atoms. The first-order chi connectivity index (χ1) is 10.6. The maximum absolute atomic E-state index is 12.7. The molecule has 1 aliphatic heterocycles. The lowest BCUT2D eigenvalue weighted by Gasteiger charge is -2.28. The van der Waals surface area contributed by atoms with Crippen LogP contribution in [-0.2, 0) is 19.5 Å². The Hall–Kier alpha value is -2.70. The summed E-state index contributed by atoms with van der Waals surface area (Å²) in [6.07, 6.45) is 1.91. The van der Waals surface area contributed by atoms with Gasteiger partial charge in [-0.05, 0) is 24.5 Å². The number of hydrogen-bond acceptors (Lipinski definition) is 4. The van der Waals surface area contributed by atoms with Crippen LogP contribution in [0.25, 0.3) is 0 Å². The van der Waals surface area contributed by atoms with Crippen molar-refractivity contribution < 1.29 is 9.72 Å². The van der Waals surface area contributed by atoms with E-state index in [-0.39, 0.29) is 17.3 Å². The van der Waals surface area contributed by atoms with E-state index in [4.69, 9.17) is 0 Å². The van der Waals surface area contributed by atoms with Gasteiger partial charge in [0.25, 0.3) is 5.91 Å². The molecule has 114 valence electrons. The van der Waals surface area contributed by atoms with Gasteiger partial charge in [-0.15, -0.1) is 0 Å². The highest BCUT2D eigenvalue weighted by molar-refractivity contribution is 5.96. The Balaban J connectivity index is 1.93. The van der Waals surface area contributed by atoms with Crippen LogP contribution in [0.3, 0.4) is 0 Å². The summed E-state index contributed by atoms with van der Waals surface area (Å²) in [5.74, 6) is -0.333. The molecule has 0 saturated heterocycles. The first-order valence-corrected chi connectivity index (χ1v) is 7.18. The number of aryl methyl sites for hydroxylation is 1. The first kappa shape index (κ1) is 14.2. The Morgan fingerprint density at radius 2 is 2.09 bits per heavy atom. The van der Waals surface area contributed by atoms with Crippen molar-refractivity contribution in [3.05, 3.63) is 57.4 Å². The molecule has 3 rings (SSSR count). The Morgan fingerprint density at radius 3 is 2.77 bits per heavy atom. The largest absolute Gasteiger partial charge is 0.332 e. The fourth-order valence-corrected chi connectivity index (χ4v) is 2.79. The third-order valence-electron chi connectivity index (χ3n) is 3.94. The summed E-state index contributed by atoms with van der Waals surface area (Å²) >= 11 is 0. The van der Waals surface area contributed by atoms with Crippen molar-refractivity contribution >= 4 is 11.6 Å². The average Bonchev–Trinajstić information content (AvgIpc) is 2.98. The number of fused-ring (bicyclic) bond motifs is 1. The van der Waals surface area contributed by atoms with Crippen molar-refractivity contribution in [2.75, 3.05) is 6.54 Å². The van der Waals surface area contributed by atoms with Crippen molar-refractivity contribution in [1.29, 1.82) is 0 Å². The van der Waals surface area contributed by atoms with Crippen LogP contribution < -0.4 is 0 Å². The third-order valence-corrected chi connectivity index (χ3v) is 3.94. The molecule has 1 aromatic heterocycles. The van der Waals surface area contributed by atoms with Gasteiger partial charge in [-0.2, -0.15) is 5.10 Å². The zero-order valence-corrected chi connectivity index (χ0v) is 12.2. The van der Waals surface area contributed by atoms with Crippen LogP contribution in [0, 0.1) is 10.1 Å². The van der Waals surface area contributed by atoms with Crippen LogP contribution >= 0.6 is 0 Å². The Kier molecular flexibility index (Phi) is 3.62. The van der Waals surface area contributed by atoms with Gasteiger partial charge in [0.15, 0.2) is 0 Å². The predicted molar refractivity (Wildman–Crippen MR) is 79.4 cm³/mol. The van der Waals surface area contributed by atoms with Gasteiger partial charge in [-0.1, -0.05) is 24.3 Å². The van der Waals surface area contributed by atoms with Gasteiger partial charge in [0.2, 0.25) is 5.69 Å². The molecule has 0 aliphatic carbocycles. The van der Waals surface area contributed by atoms with Crippen LogP contribution in [0.15, 0.2) is 30.5 Å². The van der Waals surface area contributed by atoms with Gasteiger partial charge in [-0.25, -0.2) is 0 Å². The fraction of sp³-hybridized carbons (Fsp3) is 0.333. The first-order valence-electron chi connectivity index (χ1n) is 7.18. The normalized spacial score (nSPS) is 13.8. The highest BCUT2D eigenvalue weighted by Gasteiger charge is 2.31. The van der Waals surface area contributed by atoms with E-state index < -0.39 is 4.92 Å². The van der Waals surface area contributed by atoms with Gasteiger partial charge >= 0.3 is 5.69 Å². The average molecular weight is 300 g/mol. The quantitative estimate of drug-likeness (QED) is 0.641. The van der Waals surface area contributed by atoms with E-state index in [1.807, 2.05) is 18.2 Å². The molecule has 7 heteroatoms. The maximum Gasteiger partial charge on any atom is 0.320 e. The molecular formula is C15H16N4O3. The molecule has 7 nitrogen and oxygen atoms in total. The monoisotopic (exact) mass is 300 g/mol. The minimum absolute atomic E-state index is 0.0619. The highest BCUT2D eigenvalue weighted by atomic mass is 16.6. The van der Waals surface area contributed by atoms with Crippen molar-refractivity contribution in [3.8, 4) is 0 Å². The number of aromatic nitrogens is 2. The lowest BCUT2D eigenvalue weighted by molar-refractivity contribution is -0.385. The van der Waals surface area contributed by atoms with Gasteiger partial charge < -0.3 is 4.90 Å². The smallest absolute Gasteiger partial charge is 0.320 e. The Morgan fingerprint density at radius 1 is 1.36 bits per heavy atom. The minimum Gasteiger partial charge on any atom is -0.332 e. The number of rotatable bonds is 3. The van der Waals surface area contributed by atoms with Gasteiger partial charge in [0.05, 0.1) is 4.92 Å². The van der Waals surface area contributed by atoms with E-state index in [1.165, 1.54) is 10.2 Å². The summed E-state index contributed by atoms with van der Waals surface area (Å²) in [6.45, 7) is 3.25. The zero-order chi connectivity index (χ0) is 15.7. The summed E-state index contributed by atoms with van der Waals surface area (Å²) in [6, 6.07) is 7.95. The molecule has 2 heterocycles. The highest BCUT2D eigenvalue weighted by Crippen LogP contribution is 2.24. The molecule has 0 fully saturated rings. The van der Waals surface area contributed by atoms with Crippen LogP contribution in [0.2, 0.25) is 0 Å². The van der Waals surface area contributed by atoms with E-state index in [0.29, 0.717) is 19.6 Å². The van der Waals surface area contributed by atoms with Crippen molar-refractivity contribution in [3.63, 3.8) is 0 Å². The van der Waals surface area contributed by atoms with E-state index in [0.717, 1.165) is 18.2 Å². The molecule has 0 bridgehead atoms. The summed E-state index contributed by atoms with van der Waals surface area (Å²) < 4.78 is 1.39. The van der Waals surface area contributed by atoms with Crippen molar-refractivity contribution in [1.82, 2.24) is 14.7 Å². The minimum atomic E-state index is -0.551. The molecule has 1 aromatic carbocycles. The molecule has 0 radical (unpaired) electrons.